The summed E-state index contributed by atoms with van der Waals surface area (Å²) in [6.45, 7) is 1.62. The van der Waals surface area contributed by atoms with Gasteiger partial charge in [0.1, 0.15) is 5.82 Å². The normalized spacial score (nSPS) is 16.1. The molecule has 0 atom stereocenters. The molecule has 1 N–H and O–H groups in total. The molecule has 0 saturated carbocycles. The Balaban J connectivity index is 2.03. The molecule has 5 nitrogen and oxygen atoms in total. The Morgan fingerprint density at radius 2 is 1.58 bits per heavy atom. The van der Waals surface area contributed by atoms with Crippen LogP contribution in [-0.4, -0.2) is 53.1 Å². The topological polar surface area (TPSA) is 60.9 Å². The highest BCUT2D eigenvalue weighted by atomic mass is 19.1. The summed E-state index contributed by atoms with van der Waals surface area (Å²) in [5.41, 5.74) is 0.421. The lowest BCUT2D eigenvalue weighted by Crippen LogP contribution is -2.36. The van der Waals surface area contributed by atoms with Gasteiger partial charge in [-0.05, 0) is 30.7 Å². The quantitative estimate of drug-likeness (QED) is 0.840. The van der Waals surface area contributed by atoms with Crippen LogP contribution in [0.4, 0.5) is 9.18 Å². The van der Waals surface area contributed by atoms with Crippen molar-refractivity contribution in [2.75, 3.05) is 26.2 Å². The molecule has 0 aromatic heterocycles. The molecular weight excluding hydrogens is 251 g/mol. The predicted octanol–water partition coefficient (Wildman–Crippen LogP) is 1.65. The zero-order valence-corrected chi connectivity index (χ0v) is 10.4. The lowest BCUT2D eigenvalue weighted by atomic mass is 10.2. The fourth-order valence-corrected chi connectivity index (χ4v) is 2.09. The van der Waals surface area contributed by atoms with Crippen molar-refractivity contribution in [2.24, 2.45) is 0 Å². The molecule has 2 amide bonds. The van der Waals surface area contributed by atoms with Crippen molar-refractivity contribution in [1.29, 1.82) is 0 Å². The van der Waals surface area contributed by atoms with E-state index in [9.17, 15) is 14.0 Å². The lowest BCUT2D eigenvalue weighted by molar-refractivity contribution is 0.0759. The number of hydrogen-bond acceptors (Lipinski definition) is 2. The summed E-state index contributed by atoms with van der Waals surface area (Å²) in [6, 6.07) is 5.37. The SMILES string of the molecule is O=C(O)N1CCCN(C(=O)c2ccc(F)cc2)CC1. The molecule has 1 saturated heterocycles. The van der Waals surface area contributed by atoms with Crippen molar-refractivity contribution in [2.45, 2.75) is 6.42 Å². The number of amides is 2. The van der Waals surface area contributed by atoms with Crippen molar-refractivity contribution in [3.05, 3.63) is 35.6 Å². The Bertz CT molecular complexity index is 475. The van der Waals surface area contributed by atoms with Crippen LogP contribution in [0.25, 0.3) is 0 Å². The van der Waals surface area contributed by atoms with E-state index in [1.165, 1.54) is 29.2 Å². The van der Waals surface area contributed by atoms with Gasteiger partial charge in [0.05, 0.1) is 0 Å². The van der Waals surface area contributed by atoms with Gasteiger partial charge in [-0.25, -0.2) is 9.18 Å². The van der Waals surface area contributed by atoms with Crippen molar-refractivity contribution in [3.8, 4) is 0 Å². The van der Waals surface area contributed by atoms with E-state index in [1.54, 1.807) is 4.90 Å². The maximum atomic E-state index is 12.8. The number of carbonyl (C=O) groups excluding carboxylic acids is 1. The van der Waals surface area contributed by atoms with Gasteiger partial charge < -0.3 is 14.9 Å². The third-order valence-electron chi connectivity index (χ3n) is 3.14. The van der Waals surface area contributed by atoms with Crippen LogP contribution in [-0.2, 0) is 0 Å². The number of nitrogens with zero attached hydrogens (tertiary/aromatic N) is 2. The predicted molar refractivity (Wildman–Crippen MR) is 66.5 cm³/mol. The zero-order chi connectivity index (χ0) is 13.8. The molecule has 0 aliphatic carbocycles. The van der Waals surface area contributed by atoms with Gasteiger partial charge in [-0.1, -0.05) is 0 Å². The highest BCUT2D eigenvalue weighted by Crippen LogP contribution is 2.10. The summed E-state index contributed by atoms with van der Waals surface area (Å²) in [7, 11) is 0. The molecule has 19 heavy (non-hydrogen) atoms. The van der Waals surface area contributed by atoms with E-state index in [1.807, 2.05) is 0 Å². The average Bonchev–Trinajstić information content (AvgIpc) is 2.64. The van der Waals surface area contributed by atoms with Crippen LogP contribution >= 0.6 is 0 Å². The number of benzene rings is 1. The summed E-state index contributed by atoms with van der Waals surface area (Å²) < 4.78 is 12.8. The smallest absolute Gasteiger partial charge is 0.407 e. The Morgan fingerprint density at radius 3 is 2.21 bits per heavy atom. The summed E-state index contributed by atoms with van der Waals surface area (Å²) in [4.78, 5) is 26.0. The first-order chi connectivity index (χ1) is 9.08. The molecular formula is C13H15FN2O3. The second kappa shape index (κ2) is 5.69. The number of carbonyl (C=O) groups is 2. The van der Waals surface area contributed by atoms with E-state index in [0.29, 0.717) is 38.2 Å². The van der Waals surface area contributed by atoms with Crippen LogP contribution < -0.4 is 0 Å². The van der Waals surface area contributed by atoms with E-state index in [2.05, 4.69) is 0 Å². The molecule has 0 bridgehead atoms. The van der Waals surface area contributed by atoms with Crippen LogP contribution in [0.5, 0.6) is 0 Å². The van der Waals surface area contributed by atoms with E-state index >= 15 is 0 Å². The monoisotopic (exact) mass is 266 g/mol. The molecule has 1 aliphatic rings. The highest BCUT2D eigenvalue weighted by Gasteiger charge is 2.22. The van der Waals surface area contributed by atoms with E-state index < -0.39 is 6.09 Å². The molecule has 0 radical (unpaired) electrons. The fraction of sp³-hybridized carbons (Fsp3) is 0.385. The van der Waals surface area contributed by atoms with Crippen LogP contribution in [0, 0.1) is 5.82 Å². The third-order valence-corrected chi connectivity index (χ3v) is 3.14. The van der Waals surface area contributed by atoms with Gasteiger partial charge >= 0.3 is 6.09 Å². The second-order valence-electron chi connectivity index (χ2n) is 4.42. The lowest BCUT2D eigenvalue weighted by Gasteiger charge is -2.20. The Kier molecular flexibility index (Phi) is 3.99. The minimum Gasteiger partial charge on any atom is -0.465 e. The fourth-order valence-electron chi connectivity index (χ4n) is 2.09. The largest absolute Gasteiger partial charge is 0.465 e. The summed E-state index contributed by atoms with van der Waals surface area (Å²) in [6.07, 6.45) is -0.352. The molecule has 1 aromatic rings. The zero-order valence-electron chi connectivity index (χ0n) is 10.4. The van der Waals surface area contributed by atoms with Crippen molar-refractivity contribution in [1.82, 2.24) is 9.80 Å². The standard InChI is InChI=1S/C13H15FN2O3/c14-11-4-2-10(3-5-11)12(17)15-6-1-7-16(9-8-15)13(18)19/h2-5H,1,6-9H2,(H,18,19). The summed E-state index contributed by atoms with van der Waals surface area (Å²) in [5, 5.41) is 8.92. The minimum absolute atomic E-state index is 0.188. The number of carboxylic acid groups (broad SMARTS) is 1. The molecule has 6 heteroatoms. The van der Waals surface area contributed by atoms with Gasteiger partial charge in [-0.15, -0.1) is 0 Å². The van der Waals surface area contributed by atoms with Crippen LogP contribution in [0.1, 0.15) is 16.8 Å². The molecule has 1 fully saturated rings. The van der Waals surface area contributed by atoms with Gasteiger partial charge in [0.2, 0.25) is 0 Å². The summed E-state index contributed by atoms with van der Waals surface area (Å²) >= 11 is 0. The highest BCUT2D eigenvalue weighted by molar-refractivity contribution is 5.94. The molecule has 102 valence electrons. The first kappa shape index (κ1) is 13.3. The maximum absolute atomic E-state index is 12.8. The minimum atomic E-state index is -0.962. The molecule has 0 spiro atoms. The van der Waals surface area contributed by atoms with Gasteiger partial charge in [-0.3, -0.25) is 4.79 Å². The first-order valence-corrected chi connectivity index (χ1v) is 6.10. The van der Waals surface area contributed by atoms with Gasteiger partial charge in [-0.2, -0.15) is 0 Å². The third kappa shape index (κ3) is 3.21. The number of hydrogen-bond donors (Lipinski definition) is 1. The van der Waals surface area contributed by atoms with E-state index in [4.69, 9.17) is 5.11 Å². The molecule has 1 heterocycles. The van der Waals surface area contributed by atoms with Crippen LogP contribution in [0.15, 0.2) is 24.3 Å². The van der Waals surface area contributed by atoms with E-state index in [0.717, 1.165) is 0 Å². The second-order valence-corrected chi connectivity index (χ2v) is 4.42. The Labute approximate surface area is 110 Å². The number of rotatable bonds is 1. The Morgan fingerprint density at radius 1 is 1.00 bits per heavy atom. The van der Waals surface area contributed by atoms with Gasteiger partial charge in [0.25, 0.3) is 5.91 Å². The molecule has 0 unspecified atom stereocenters. The maximum Gasteiger partial charge on any atom is 0.407 e. The first-order valence-electron chi connectivity index (χ1n) is 6.10. The van der Waals surface area contributed by atoms with Gasteiger partial charge in [0.15, 0.2) is 0 Å². The summed E-state index contributed by atoms with van der Waals surface area (Å²) in [5.74, 6) is -0.572. The molecule has 1 aromatic carbocycles. The van der Waals surface area contributed by atoms with Crippen molar-refractivity contribution in [3.63, 3.8) is 0 Å². The van der Waals surface area contributed by atoms with Crippen molar-refractivity contribution < 1.29 is 19.1 Å². The average molecular weight is 266 g/mol. The van der Waals surface area contributed by atoms with Gasteiger partial charge in [0, 0.05) is 31.7 Å². The van der Waals surface area contributed by atoms with Crippen molar-refractivity contribution >= 4 is 12.0 Å². The Hall–Kier alpha value is -2.11. The molecule has 1 aliphatic heterocycles. The van der Waals surface area contributed by atoms with Crippen LogP contribution in [0.3, 0.4) is 0 Å². The number of halogens is 1. The molecule has 2 rings (SSSR count). The van der Waals surface area contributed by atoms with Crippen LogP contribution in [0.2, 0.25) is 0 Å². The van der Waals surface area contributed by atoms with E-state index in [-0.39, 0.29) is 11.7 Å².